The van der Waals surface area contributed by atoms with Crippen molar-refractivity contribution in [1.29, 1.82) is 0 Å². The fourth-order valence-corrected chi connectivity index (χ4v) is 2.86. The van der Waals surface area contributed by atoms with Crippen LogP contribution in [0.3, 0.4) is 0 Å². The van der Waals surface area contributed by atoms with E-state index < -0.39 is 0 Å². The number of aliphatic imine (C=N–C) groups is 1. The van der Waals surface area contributed by atoms with Gasteiger partial charge in [0.15, 0.2) is 5.96 Å². The molecule has 0 aromatic heterocycles. The van der Waals surface area contributed by atoms with Crippen molar-refractivity contribution in [3.8, 4) is 5.75 Å². The highest BCUT2D eigenvalue weighted by Crippen LogP contribution is 2.19. The standard InChI is InChI=1S/C23H33N3O3/c1-5-28-11-12-29-17-20-8-6-7-19(14-20)15-25-23(24-3)26-16-21-10-9-18(2)13-22(21)27-4/h6-10,13-14H,5,11-12,15-17H2,1-4H3,(H2,24,25,26). The Bertz CT molecular complexity index is 778. The quantitative estimate of drug-likeness (QED) is 0.344. The smallest absolute Gasteiger partial charge is 0.191 e. The second kappa shape index (κ2) is 12.8. The molecule has 0 unspecified atom stereocenters. The number of aryl methyl sites for hydroxylation is 1. The molecular formula is C23H33N3O3. The minimum atomic E-state index is 0.584. The molecule has 0 spiro atoms. The van der Waals surface area contributed by atoms with Crippen LogP contribution in [0.4, 0.5) is 0 Å². The van der Waals surface area contributed by atoms with E-state index in [9.17, 15) is 0 Å². The normalized spacial score (nSPS) is 11.4. The average molecular weight is 400 g/mol. The number of ether oxygens (including phenoxy) is 3. The average Bonchev–Trinajstić information content (AvgIpc) is 2.74. The van der Waals surface area contributed by atoms with E-state index in [1.54, 1.807) is 14.2 Å². The summed E-state index contributed by atoms with van der Waals surface area (Å²) in [5.41, 5.74) is 4.59. The minimum absolute atomic E-state index is 0.584. The van der Waals surface area contributed by atoms with E-state index in [-0.39, 0.29) is 0 Å². The van der Waals surface area contributed by atoms with Gasteiger partial charge in [0, 0.05) is 32.3 Å². The number of guanidine groups is 1. The molecule has 158 valence electrons. The van der Waals surface area contributed by atoms with Gasteiger partial charge in [-0.05, 0) is 36.6 Å². The van der Waals surface area contributed by atoms with Crippen LogP contribution in [0.1, 0.15) is 29.2 Å². The molecule has 2 rings (SSSR count). The monoisotopic (exact) mass is 399 g/mol. The molecule has 0 saturated heterocycles. The highest BCUT2D eigenvalue weighted by atomic mass is 16.5. The number of nitrogens with one attached hydrogen (secondary N) is 2. The lowest BCUT2D eigenvalue weighted by molar-refractivity contribution is 0.0453. The summed E-state index contributed by atoms with van der Waals surface area (Å²) in [5.74, 6) is 1.62. The molecule has 0 aliphatic rings. The second-order valence-corrected chi connectivity index (χ2v) is 6.66. The summed E-state index contributed by atoms with van der Waals surface area (Å²) in [6.45, 7) is 7.89. The van der Waals surface area contributed by atoms with Crippen LogP contribution in [-0.2, 0) is 29.2 Å². The van der Waals surface area contributed by atoms with E-state index in [0.717, 1.165) is 29.4 Å². The Morgan fingerprint density at radius 3 is 2.48 bits per heavy atom. The Kier molecular flexibility index (Phi) is 10.0. The largest absolute Gasteiger partial charge is 0.496 e. The van der Waals surface area contributed by atoms with Crippen molar-refractivity contribution < 1.29 is 14.2 Å². The number of rotatable bonds is 11. The van der Waals surface area contributed by atoms with Crippen molar-refractivity contribution in [3.05, 3.63) is 64.7 Å². The van der Waals surface area contributed by atoms with Crippen LogP contribution in [-0.4, -0.2) is 39.9 Å². The summed E-state index contributed by atoms with van der Waals surface area (Å²) in [4.78, 5) is 4.31. The van der Waals surface area contributed by atoms with Crippen LogP contribution < -0.4 is 15.4 Å². The van der Waals surface area contributed by atoms with Gasteiger partial charge in [-0.3, -0.25) is 4.99 Å². The highest BCUT2D eigenvalue weighted by Gasteiger charge is 2.05. The first-order chi connectivity index (χ1) is 14.2. The molecule has 0 aliphatic heterocycles. The summed E-state index contributed by atoms with van der Waals surface area (Å²) >= 11 is 0. The third kappa shape index (κ3) is 8.13. The van der Waals surface area contributed by atoms with Crippen molar-refractivity contribution in [2.75, 3.05) is 34.0 Å². The van der Waals surface area contributed by atoms with Crippen LogP contribution >= 0.6 is 0 Å². The summed E-state index contributed by atoms with van der Waals surface area (Å²) < 4.78 is 16.4. The third-order valence-corrected chi connectivity index (χ3v) is 4.41. The van der Waals surface area contributed by atoms with Gasteiger partial charge >= 0.3 is 0 Å². The summed E-state index contributed by atoms with van der Waals surface area (Å²) in [5, 5.41) is 6.69. The Morgan fingerprint density at radius 1 is 0.966 bits per heavy atom. The molecule has 6 heteroatoms. The Labute approximate surface area is 174 Å². The van der Waals surface area contributed by atoms with Crippen LogP contribution in [0.25, 0.3) is 0 Å². The zero-order valence-electron chi connectivity index (χ0n) is 18.0. The van der Waals surface area contributed by atoms with Crippen LogP contribution in [0.15, 0.2) is 47.5 Å². The van der Waals surface area contributed by atoms with E-state index in [0.29, 0.717) is 32.9 Å². The number of benzene rings is 2. The van der Waals surface area contributed by atoms with Crippen molar-refractivity contribution in [2.24, 2.45) is 4.99 Å². The van der Waals surface area contributed by atoms with E-state index in [1.165, 1.54) is 11.1 Å². The molecule has 0 radical (unpaired) electrons. The van der Waals surface area contributed by atoms with Gasteiger partial charge in [-0.25, -0.2) is 0 Å². The summed E-state index contributed by atoms with van der Waals surface area (Å²) in [6, 6.07) is 14.5. The van der Waals surface area contributed by atoms with Gasteiger partial charge in [0.25, 0.3) is 0 Å². The predicted molar refractivity (Wildman–Crippen MR) is 117 cm³/mol. The van der Waals surface area contributed by atoms with Crippen molar-refractivity contribution in [2.45, 2.75) is 33.5 Å². The maximum absolute atomic E-state index is 5.65. The minimum Gasteiger partial charge on any atom is -0.496 e. The van der Waals surface area contributed by atoms with Crippen LogP contribution in [0.5, 0.6) is 5.75 Å². The zero-order valence-corrected chi connectivity index (χ0v) is 18.0. The van der Waals surface area contributed by atoms with E-state index in [4.69, 9.17) is 14.2 Å². The first-order valence-electron chi connectivity index (χ1n) is 9.97. The molecule has 0 aliphatic carbocycles. The Morgan fingerprint density at radius 2 is 1.72 bits per heavy atom. The van der Waals surface area contributed by atoms with Crippen molar-refractivity contribution in [3.63, 3.8) is 0 Å². The molecule has 6 nitrogen and oxygen atoms in total. The molecule has 0 fully saturated rings. The number of hydrogen-bond acceptors (Lipinski definition) is 4. The molecule has 2 aromatic rings. The molecule has 0 heterocycles. The molecule has 0 amide bonds. The summed E-state index contributed by atoms with van der Waals surface area (Å²) in [7, 11) is 3.46. The van der Waals surface area contributed by atoms with Gasteiger partial charge < -0.3 is 24.8 Å². The molecule has 0 bridgehead atoms. The molecule has 0 atom stereocenters. The van der Waals surface area contributed by atoms with Gasteiger partial charge in [0.1, 0.15) is 5.75 Å². The van der Waals surface area contributed by atoms with Gasteiger partial charge in [0.05, 0.1) is 26.9 Å². The first kappa shape index (κ1) is 22.7. The Hall–Kier alpha value is -2.57. The molecule has 2 N–H and O–H groups in total. The van der Waals surface area contributed by atoms with Gasteiger partial charge in [-0.2, -0.15) is 0 Å². The predicted octanol–water partition coefficient (Wildman–Crippen LogP) is 3.42. The van der Waals surface area contributed by atoms with Crippen LogP contribution in [0, 0.1) is 6.92 Å². The first-order valence-corrected chi connectivity index (χ1v) is 9.97. The van der Waals surface area contributed by atoms with E-state index in [1.807, 2.05) is 19.1 Å². The van der Waals surface area contributed by atoms with Crippen molar-refractivity contribution in [1.82, 2.24) is 10.6 Å². The highest BCUT2D eigenvalue weighted by molar-refractivity contribution is 5.79. The van der Waals surface area contributed by atoms with E-state index in [2.05, 4.69) is 52.9 Å². The fraction of sp³-hybridized carbons (Fsp3) is 0.435. The topological polar surface area (TPSA) is 64.1 Å². The molecule has 0 saturated carbocycles. The maximum atomic E-state index is 5.65. The lowest BCUT2D eigenvalue weighted by atomic mass is 10.1. The maximum Gasteiger partial charge on any atom is 0.191 e. The third-order valence-electron chi connectivity index (χ3n) is 4.41. The van der Waals surface area contributed by atoms with E-state index >= 15 is 0 Å². The molecular weight excluding hydrogens is 366 g/mol. The SMILES string of the molecule is CCOCCOCc1cccc(CNC(=NC)NCc2ccc(C)cc2OC)c1. The molecule has 2 aromatic carbocycles. The Balaban J connectivity index is 1.82. The second-order valence-electron chi connectivity index (χ2n) is 6.66. The number of hydrogen-bond donors (Lipinski definition) is 2. The number of nitrogens with zero attached hydrogens (tertiary/aromatic N) is 1. The van der Waals surface area contributed by atoms with Crippen LogP contribution in [0.2, 0.25) is 0 Å². The summed E-state index contributed by atoms with van der Waals surface area (Å²) in [6.07, 6.45) is 0. The lowest BCUT2D eigenvalue weighted by Gasteiger charge is -2.14. The number of methoxy groups -OCH3 is 1. The molecule has 29 heavy (non-hydrogen) atoms. The zero-order chi connectivity index (χ0) is 20.9. The van der Waals surface area contributed by atoms with Gasteiger partial charge in [0.2, 0.25) is 0 Å². The fourth-order valence-electron chi connectivity index (χ4n) is 2.86. The lowest BCUT2D eigenvalue weighted by Crippen LogP contribution is -2.36. The van der Waals surface area contributed by atoms with Crippen molar-refractivity contribution >= 4 is 5.96 Å². The van der Waals surface area contributed by atoms with Gasteiger partial charge in [-0.1, -0.05) is 36.4 Å². The van der Waals surface area contributed by atoms with Gasteiger partial charge in [-0.15, -0.1) is 0 Å².